The van der Waals surface area contributed by atoms with Crippen molar-refractivity contribution in [3.8, 4) is 23.0 Å². The number of oxazole rings is 1. The molecule has 9 heteroatoms. The first-order valence-electron chi connectivity index (χ1n) is 9.51. The van der Waals surface area contributed by atoms with Gasteiger partial charge in [-0.1, -0.05) is 28.1 Å². The molecule has 3 N–H and O–H groups in total. The molecule has 0 saturated heterocycles. The highest BCUT2D eigenvalue weighted by Crippen LogP contribution is 2.33. The van der Waals surface area contributed by atoms with Crippen molar-refractivity contribution in [1.82, 2.24) is 10.3 Å². The van der Waals surface area contributed by atoms with Crippen LogP contribution in [0.25, 0.3) is 22.6 Å². The zero-order valence-corrected chi connectivity index (χ0v) is 19.5. The summed E-state index contributed by atoms with van der Waals surface area (Å²) in [6.07, 6.45) is 0. The molecule has 4 aromatic rings. The number of aryl methyl sites for hydroxylation is 1. The molecule has 4 rings (SSSR count). The minimum atomic E-state index is -0.420. The smallest absolute Gasteiger partial charge is 0.261 e. The number of para-hydroxylation sites is 2. The Morgan fingerprint density at radius 2 is 1.97 bits per heavy atom. The molecule has 0 atom stereocenters. The van der Waals surface area contributed by atoms with Crippen LogP contribution in [0.15, 0.2) is 63.5 Å². The summed E-state index contributed by atoms with van der Waals surface area (Å²) in [6.45, 7) is 1.85. The quantitative estimate of drug-likeness (QED) is 0.315. The van der Waals surface area contributed by atoms with Crippen LogP contribution >= 0.6 is 28.1 Å². The van der Waals surface area contributed by atoms with Crippen molar-refractivity contribution in [1.29, 1.82) is 0 Å². The maximum absolute atomic E-state index is 12.7. The van der Waals surface area contributed by atoms with E-state index in [2.05, 4.69) is 31.5 Å². The summed E-state index contributed by atoms with van der Waals surface area (Å²) in [5.41, 5.74) is 3.42. The summed E-state index contributed by atoms with van der Waals surface area (Å²) in [5.74, 6) is 0.313. The van der Waals surface area contributed by atoms with E-state index in [0.29, 0.717) is 39.6 Å². The number of aromatic hydroxyl groups is 1. The van der Waals surface area contributed by atoms with Gasteiger partial charge in [0.1, 0.15) is 17.0 Å². The number of carbonyl (C=O) groups excluding carboxylic acids is 1. The summed E-state index contributed by atoms with van der Waals surface area (Å²) in [5, 5.41) is 16.1. The first-order chi connectivity index (χ1) is 15.4. The van der Waals surface area contributed by atoms with Gasteiger partial charge in [0.05, 0.1) is 18.2 Å². The van der Waals surface area contributed by atoms with Crippen molar-refractivity contribution >= 4 is 56.0 Å². The minimum Gasteiger partial charge on any atom is -0.507 e. The number of carbonyl (C=O) groups is 1. The minimum absolute atomic E-state index is 0.0417. The van der Waals surface area contributed by atoms with Gasteiger partial charge in [-0.2, -0.15) is 0 Å². The predicted octanol–water partition coefficient (Wildman–Crippen LogP) is 5.41. The largest absolute Gasteiger partial charge is 0.507 e. The van der Waals surface area contributed by atoms with Crippen LogP contribution in [0, 0.1) is 6.92 Å². The number of aromatic nitrogens is 1. The number of methoxy groups -OCH3 is 1. The number of hydrogen-bond acceptors (Lipinski definition) is 6. The highest BCUT2D eigenvalue weighted by molar-refractivity contribution is 9.10. The molecule has 7 nitrogen and oxygen atoms in total. The Labute approximate surface area is 197 Å². The van der Waals surface area contributed by atoms with E-state index in [1.165, 1.54) is 13.2 Å². The molecule has 0 fully saturated rings. The number of amides is 1. The van der Waals surface area contributed by atoms with Crippen LogP contribution in [-0.4, -0.2) is 28.2 Å². The van der Waals surface area contributed by atoms with Gasteiger partial charge in [-0.3, -0.25) is 10.1 Å². The fourth-order valence-electron chi connectivity index (χ4n) is 3.28. The molecule has 0 spiro atoms. The number of nitrogens with one attached hydrogen (secondary N) is 2. The van der Waals surface area contributed by atoms with Crippen LogP contribution in [0.2, 0.25) is 0 Å². The van der Waals surface area contributed by atoms with Gasteiger partial charge in [0.2, 0.25) is 5.89 Å². The summed E-state index contributed by atoms with van der Waals surface area (Å²) in [6, 6.07) is 15.7. The highest BCUT2D eigenvalue weighted by Gasteiger charge is 2.17. The third-order valence-electron chi connectivity index (χ3n) is 4.70. The van der Waals surface area contributed by atoms with Gasteiger partial charge in [-0.15, -0.1) is 0 Å². The van der Waals surface area contributed by atoms with Crippen LogP contribution in [0.5, 0.6) is 11.5 Å². The van der Waals surface area contributed by atoms with E-state index in [9.17, 15) is 9.90 Å². The van der Waals surface area contributed by atoms with Gasteiger partial charge in [0.25, 0.3) is 5.91 Å². The number of phenols is 1. The summed E-state index contributed by atoms with van der Waals surface area (Å²) in [7, 11) is 1.50. The Kier molecular flexibility index (Phi) is 6.11. The summed E-state index contributed by atoms with van der Waals surface area (Å²) in [4.78, 5) is 17.1. The van der Waals surface area contributed by atoms with Gasteiger partial charge < -0.3 is 19.6 Å². The highest BCUT2D eigenvalue weighted by atomic mass is 79.9. The van der Waals surface area contributed by atoms with E-state index >= 15 is 0 Å². The molecule has 3 aromatic carbocycles. The van der Waals surface area contributed by atoms with Gasteiger partial charge >= 0.3 is 0 Å². The van der Waals surface area contributed by atoms with Crippen LogP contribution in [-0.2, 0) is 0 Å². The molecule has 0 saturated carbocycles. The normalized spacial score (nSPS) is 10.7. The zero-order valence-electron chi connectivity index (χ0n) is 17.1. The first-order valence-corrected chi connectivity index (χ1v) is 10.7. The molecule has 162 valence electrons. The Morgan fingerprint density at radius 1 is 1.19 bits per heavy atom. The monoisotopic (exact) mass is 511 g/mol. The van der Waals surface area contributed by atoms with Crippen molar-refractivity contribution in [2.75, 3.05) is 12.4 Å². The Hall–Kier alpha value is -3.43. The van der Waals surface area contributed by atoms with Gasteiger partial charge in [-0.05, 0) is 61.1 Å². The SMILES string of the molecule is COc1c(C)cc(Br)cc1C(=O)NC(=S)Nc1ccc(-c2nc3ccccc3o2)c(O)c1. The Bertz CT molecular complexity index is 1320. The number of hydrogen-bond donors (Lipinski definition) is 3. The molecule has 32 heavy (non-hydrogen) atoms. The van der Waals surface area contributed by atoms with Gasteiger partial charge in [0.15, 0.2) is 10.7 Å². The molecule has 0 aliphatic heterocycles. The topological polar surface area (TPSA) is 96.6 Å². The first kappa shape index (κ1) is 21.8. The van der Waals surface area contributed by atoms with Gasteiger partial charge in [0, 0.05) is 16.2 Å². The number of rotatable bonds is 4. The van der Waals surface area contributed by atoms with Crippen molar-refractivity contribution in [3.05, 3.63) is 70.2 Å². The maximum atomic E-state index is 12.7. The van der Waals surface area contributed by atoms with Crippen molar-refractivity contribution < 1.29 is 19.1 Å². The average molecular weight is 512 g/mol. The summed E-state index contributed by atoms with van der Waals surface area (Å²) >= 11 is 8.65. The van der Waals surface area contributed by atoms with Crippen LogP contribution < -0.4 is 15.4 Å². The zero-order chi connectivity index (χ0) is 22.8. The Balaban J connectivity index is 1.49. The lowest BCUT2D eigenvalue weighted by atomic mass is 10.1. The number of phenolic OH excluding ortho intramolecular Hbond substituents is 1. The number of thiocarbonyl (C=S) groups is 1. The number of ether oxygens (including phenoxy) is 1. The third kappa shape index (κ3) is 4.44. The second-order valence-corrected chi connectivity index (χ2v) is 8.25. The fraction of sp³-hybridized carbons (Fsp3) is 0.0870. The van der Waals surface area contributed by atoms with Crippen molar-refractivity contribution in [3.63, 3.8) is 0 Å². The standard InChI is InChI=1S/C23H18BrN3O4S/c1-12-9-13(24)10-16(20(12)30-2)21(29)27-23(32)25-14-7-8-15(18(28)11-14)22-26-17-5-3-4-6-19(17)31-22/h3-11,28H,1-2H3,(H2,25,27,29,32). The maximum Gasteiger partial charge on any atom is 0.261 e. The van der Waals surface area contributed by atoms with Crippen LogP contribution in [0.3, 0.4) is 0 Å². The molecule has 0 aliphatic carbocycles. The second-order valence-electron chi connectivity index (χ2n) is 6.93. The second kappa shape index (κ2) is 8.97. The van der Waals surface area contributed by atoms with E-state index < -0.39 is 5.91 Å². The third-order valence-corrected chi connectivity index (χ3v) is 5.36. The van der Waals surface area contributed by atoms with Crippen molar-refractivity contribution in [2.45, 2.75) is 6.92 Å². The molecule has 0 radical (unpaired) electrons. The molecule has 1 heterocycles. The van der Waals surface area contributed by atoms with E-state index in [4.69, 9.17) is 21.4 Å². The number of benzene rings is 3. The van der Waals surface area contributed by atoms with E-state index in [1.807, 2.05) is 37.3 Å². The van der Waals surface area contributed by atoms with Gasteiger partial charge in [-0.25, -0.2) is 4.98 Å². The number of halogens is 1. The number of fused-ring (bicyclic) bond motifs is 1. The predicted molar refractivity (Wildman–Crippen MR) is 130 cm³/mol. The number of nitrogens with zero attached hydrogens (tertiary/aromatic N) is 1. The number of anilines is 1. The molecule has 0 aliphatic rings. The lowest BCUT2D eigenvalue weighted by Gasteiger charge is -2.14. The molecule has 0 bridgehead atoms. The molecule has 0 unspecified atom stereocenters. The Morgan fingerprint density at radius 3 is 2.69 bits per heavy atom. The average Bonchev–Trinajstić information content (AvgIpc) is 3.17. The molecular weight excluding hydrogens is 494 g/mol. The molecule has 1 aromatic heterocycles. The summed E-state index contributed by atoms with van der Waals surface area (Å²) < 4.78 is 11.8. The van der Waals surface area contributed by atoms with E-state index in [-0.39, 0.29) is 10.9 Å². The van der Waals surface area contributed by atoms with E-state index in [0.717, 1.165) is 10.0 Å². The van der Waals surface area contributed by atoms with Crippen LogP contribution in [0.4, 0.5) is 5.69 Å². The fourth-order valence-corrected chi connectivity index (χ4v) is 4.06. The van der Waals surface area contributed by atoms with Crippen molar-refractivity contribution in [2.24, 2.45) is 0 Å². The molecular formula is C23H18BrN3O4S. The lowest BCUT2D eigenvalue weighted by Crippen LogP contribution is -2.34. The lowest BCUT2D eigenvalue weighted by molar-refractivity contribution is 0.0974. The van der Waals surface area contributed by atoms with Crippen LogP contribution in [0.1, 0.15) is 15.9 Å². The van der Waals surface area contributed by atoms with E-state index in [1.54, 1.807) is 18.2 Å². The molecule has 1 amide bonds.